The van der Waals surface area contributed by atoms with Crippen LogP contribution in [0.5, 0.6) is 0 Å². The zero-order valence-electron chi connectivity index (χ0n) is 17.3. The molecule has 29 heavy (non-hydrogen) atoms. The summed E-state index contributed by atoms with van der Waals surface area (Å²) in [6.07, 6.45) is 8.28. The Morgan fingerprint density at radius 1 is 1.14 bits per heavy atom. The highest BCUT2D eigenvalue weighted by atomic mass is 32.1. The van der Waals surface area contributed by atoms with Crippen LogP contribution in [0, 0.1) is 0 Å². The fourth-order valence-electron chi connectivity index (χ4n) is 4.24. The number of hydrogen-bond acceptors (Lipinski definition) is 4. The number of anilines is 2. The second kappa shape index (κ2) is 7.60. The van der Waals surface area contributed by atoms with Gasteiger partial charge in [-0.3, -0.25) is 9.78 Å². The fraction of sp³-hybridized carbons (Fsp3) is 0.280. The van der Waals surface area contributed by atoms with Crippen molar-refractivity contribution in [3.05, 3.63) is 76.8 Å². The third-order valence-electron chi connectivity index (χ3n) is 5.78. The highest BCUT2D eigenvalue weighted by Gasteiger charge is 2.39. The third-order valence-corrected chi connectivity index (χ3v) is 6.85. The van der Waals surface area contributed by atoms with Gasteiger partial charge in [0, 0.05) is 11.1 Å². The number of rotatable bonds is 6. The molecule has 0 fully saturated rings. The van der Waals surface area contributed by atoms with E-state index in [9.17, 15) is 4.79 Å². The number of thiophene rings is 1. The predicted octanol–water partition coefficient (Wildman–Crippen LogP) is 6.75. The molecule has 2 aromatic heterocycles. The molecule has 3 aromatic rings. The van der Waals surface area contributed by atoms with Gasteiger partial charge in [0.05, 0.1) is 33.4 Å². The van der Waals surface area contributed by atoms with Crippen molar-refractivity contribution >= 4 is 29.0 Å². The molecule has 1 aliphatic rings. The van der Waals surface area contributed by atoms with Crippen LogP contribution in [-0.2, 0) is 5.41 Å². The number of pyridine rings is 1. The SMILES string of the molecule is C/C=C\C(CC)N(c1ccccc1)c1cnc2c(c1)C(C)(C)c1cc(C=O)sc1-2. The van der Waals surface area contributed by atoms with Crippen molar-refractivity contribution < 1.29 is 4.79 Å². The summed E-state index contributed by atoms with van der Waals surface area (Å²) in [4.78, 5) is 20.4. The van der Waals surface area contributed by atoms with Crippen molar-refractivity contribution in [3.8, 4) is 10.6 Å². The van der Waals surface area contributed by atoms with E-state index in [1.165, 1.54) is 11.1 Å². The zero-order valence-corrected chi connectivity index (χ0v) is 18.2. The molecule has 148 valence electrons. The number of hydrogen-bond donors (Lipinski definition) is 0. The Bertz CT molecular complexity index is 1070. The Morgan fingerprint density at radius 2 is 1.90 bits per heavy atom. The molecule has 1 unspecified atom stereocenters. The van der Waals surface area contributed by atoms with Gasteiger partial charge in [-0.1, -0.05) is 51.1 Å². The predicted molar refractivity (Wildman–Crippen MR) is 123 cm³/mol. The van der Waals surface area contributed by atoms with E-state index < -0.39 is 0 Å². The number of fused-ring (bicyclic) bond motifs is 3. The van der Waals surface area contributed by atoms with Gasteiger partial charge in [-0.05, 0) is 48.7 Å². The Morgan fingerprint density at radius 3 is 2.55 bits per heavy atom. The molecule has 1 atom stereocenters. The number of carbonyl (C=O) groups is 1. The van der Waals surface area contributed by atoms with Gasteiger partial charge < -0.3 is 4.90 Å². The number of aldehydes is 1. The molecular weight excluding hydrogens is 376 g/mol. The first kappa shape index (κ1) is 19.6. The molecule has 0 N–H and O–H groups in total. The quantitative estimate of drug-likeness (QED) is 0.337. The van der Waals surface area contributed by atoms with E-state index in [1.807, 2.05) is 18.3 Å². The van der Waals surface area contributed by atoms with Crippen LogP contribution < -0.4 is 4.90 Å². The zero-order chi connectivity index (χ0) is 20.6. The highest BCUT2D eigenvalue weighted by Crippen LogP contribution is 2.52. The van der Waals surface area contributed by atoms with E-state index in [4.69, 9.17) is 4.98 Å². The van der Waals surface area contributed by atoms with Gasteiger partial charge in [0.15, 0.2) is 6.29 Å². The smallest absolute Gasteiger partial charge is 0.160 e. The lowest BCUT2D eigenvalue weighted by atomic mass is 9.83. The molecule has 1 aromatic carbocycles. The molecular formula is C25H26N2OS. The normalized spacial score (nSPS) is 15.2. The van der Waals surface area contributed by atoms with Crippen LogP contribution in [0.1, 0.15) is 54.9 Å². The van der Waals surface area contributed by atoms with E-state index in [2.05, 4.69) is 75.1 Å². The molecule has 0 spiro atoms. The monoisotopic (exact) mass is 402 g/mol. The molecule has 1 aliphatic carbocycles. The second-order valence-electron chi connectivity index (χ2n) is 7.93. The van der Waals surface area contributed by atoms with Crippen molar-refractivity contribution in [2.45, 2.75) is 45.6 Å². The molecule has 0 saturated carbocycles. The average molecular weight is 403 g/mol. The van der Waals surface area contributed by atoms with Crippen molar-refractivity contribution in [2.24, 2.45) is 0 Å². The summed E-state index contributed by atoms with van der Waals surface area (Å²) in [5.74, 6) is 0. The minimum absolute atomic E-state index is 0.171. The van der Waals surface area contributed by atoms with Crippen molar-refractivity contribution in [2.75, 3.05) is 4.90 Å². The summed E-state index contributed by atoms with van der Waals surface area (Å²) in [7, 11) is 0. The summed E-state index contributed by atoms with van der Waals surface area (Å²) in [6, 6.07) is 15.1. The second-order valence-corrected chi connectivity index (χ2v) is 9.01. The van der Waals surface area contributed by atoms with Gasteiger partial charge in [0.1, 0.15) is 0 Å². The number of nitrogens with zero attached hydrogens (tertiary/aromatic N) is 2. The van der Waals surface area contributed by atoms with Gasteiger partial charge in [0.2, 0.25) is 0 Å². The lowest BCUT2D eigenvalue weighted by Gasteiger charge is -2.32. The first-order chi connectivity index (χ1) is 14.0. The lowest BCUT2D eigenvalue weighted by molar-refractivity contribution is 0.112. The van der Waals surface area contributed by atoms with Gasteiger partial charge in [-0.15, -0.1) is 11.3 Å². The molecule has 4 heteroatoms. The number of aromatic nitrogens is 1. The standard InChI is InChI=1S/C25H26N2OS/c1-5-10-17(6-2)27(18-11-8-7-9-12-18)19-13-21-23(26-15-19)24-22(25(21,3)4)14-20(16-28)29-24/h5,7-17H,6H2,1-4H3/b10-5-. The Labute approximate surface area is 176 Å². The van der Waals surface area contributed by atoms with Crippen LogP contribution in [0.25, 0.3) is 10.6 Å². The van der Waals surface area contributed by atoms with E-state index >= 15 is 0 Å². The van der Waals surface area contributed by atoms with Crippen LogP contribution in [-0.4, -0.2) is 17.3 Å². The van der Waals surface area contributed by atoms with Crippen molar-refractivity contribution in [1.82, 2.24) is 4.98 Å². The summed E-state index contributed by atoms with van der Waals surface area (Å²) in [5.41, 5.74) is 5.53. The Balaban J connectivity index is 1.86. The van der Waals surface area contributed by atoms with E-state index in [-0.39, 0.29) is 11.5 Å². The van der Waals surface area contributed by atoms with Crippen LogP contribution in [0.15, 0.2) is 60.8 Å². The van der Waals surface area contributed by atoms with Crippen molar-refractivity contribution in [3.63, 3.8) is 0 Å². The van der Waals surface area contributed by atoms with Gasteiger partial charge >= 0.3 is 0 Å². The van der Waals surface area contributed by atoms with Crippen LogP contribution >= 0.6 is 11.3 Å². The molecule has 0 radical (unpaired) electrons. The number of para-hydroxylation sites is 1. The van der Waals surface area contributed by atoms with E-state index in [0.717, 1.165) is 39.5 Å². The number of benzene rings is 1. The summed E-state index contributed by atoms with van der Waals surface area (Å²) in [6.45, 7) is 8.73. The maximum atomic E-state index is 11.3. The van der Waals surface area contributed by atoms with Crippen LogP contribution in [0.2, 0.25) is 0 Å². The van der Waals surface area contributed by atoms with E-state index in [1.54, 1.807) is 11.3 Å². The summed E-state index contributed by atoms with van der Waals surface area (Å²) >= 11 is 1.54. The molecule has 0 amide bonds. The molecule has 0 saturated heterocycles. The van der Waals surface area contributed by atoms with Gasteiger partial charge in [-0.25, -0.2) is 0 Å². The Kier molecular flexibility index (Phi) is 5.13. The molecule has 4 rings (SSSR count). The average Bonchev–Trinajstić information content (AvgIpc) is 3.26. The minimum atomic E-state index is -0.171. The van der Waals surface area contributed by atoms with Gasteiger partial charge in [0.25, 0.3) is 0 Å². The summed E-state index contributed by atoms with van der Waals surface area (Å²) in [5, 5.41) is 0. The Hall–Kier alpha value is -2.72. The van der Waals surface area contributed by atoms with Crippen LogP contribution in [0.3, 0.4) is 0 Å². The first-order valence-corrected chi connectivity index (χ1v) is 10.9. The number of carbonyl (C=O) groups excluding carboxylic acids is 1. The lowest BCUT2D eigenvalue weighted by Crippen LogP contribution is -2.29. The minimum Gasteiger partial charge on any atom is -0.333 e. The number of allylic oxidation sites excluding steroid dienone is 1. The molecule has 2 heterocycles. The molecule has 3 nitrogen and oxygen atoms in total. The highest BCUT2D eigenvalue weighted by molar-refractivity contribution is 7.17. The van der Waals surface area contributed by atoms with Crippen molar-refractivity contribution in [1.29, 1.82) is 0 Å². The molecule has 0 bridgehead atoms. The topological polar surface area (TPSA) is 33.2 Å². The van der Waals surface area contributed by atoms with E-state index in [0.29, 0.717) is 0 Å². The fourth-order valence-corrected chi connectivity index (χ4v) is 5.39. The maximum Gasteiger partial charge on any atom is 0.160 e. The maximum absolute atomic E-state index is 11.3. The van der Waals surface area contributed by atoms with Crippen LogP contribution in [0.4, 0.5) is 11.4 Å². The summed E-state index contributed by atoms with van der Waals surface area (Å²) < 4.78 is 0. The first-order valence-electron chi connectivity index (χ1n) is 10.1. The van der Waals surface area contributed by atoms with Gasteiger partial charge in [-0.2, -0.15) is 0 Å². The third kappa shape index (κ3) is 3.22. The largest absolute Gasteiger partial charge is 0.333 e. The molecule has 0 aliphatic heterocycles.